The lowest BCUT2D eigenvalue weighted by atomic mass is 10.1. The molecule has 2 atom stereocenters. The van der Waals surface area contributed by atoms with Crippen molar-refractivity contribution in [1.82, 2.24) is 10.6 Å². The maximum Gasteiger partial charge on any atom is 0.327 e. The van der Waals surface area contributed by atoms with E-state index in [1.165, 1.54) is 11.8 Å². The van der Waals surface area contributed by atoms with Crippen LogP contribution in [0, 0.1) is 0 Å². The fourth-order valence-electron chi connectivity index (χ4n) is 1.75. The van der Waals surface area contributed by atoms with Gasteiger partial charge in [-0.1, -0.05) is 30.3 Å². The molecule has 0 aliphatic carbocycles. The Morgan fingerprint density at radius 1 is 1.18 bits per heavy atom. The van der Waals surface area contributed by atoms with Crippen molar-refractivity contribution in [1.29, 1.82) is 0 Å². The number of benzene rings is 1. The van der Waals surface area contributed by atoms with Crippen LogP contribution in [0.15, 0.2) is 30.3 Å². The Bertz CT molecular complexity index is 523. The molecule has 2 amide bonds. The lowest BCUT2D eigenvalue weighted by Gasteiger charge is -2.21. The molecule has 0 bridgehead atoms. The lowest BCUT2D eigenvalue weighted by Crippen LogP contribution is -2.48. The quantitative estimate of drug-likeness (QED) is 0.524. The second kappa shape index (κ2) is 9.06. The molecule has 2 unspecified atom stereocenters. The summed E-state index contributed by atoms with van der Waals surface area (Å²) in [6.45, 7) is -0.760. The number of rotatable bonds is 8. The van der Waals surface area contributed by atoms with Gasteiger partial charge in [-0.2, -0.15) is 11.8 Å². The summed E-state index contributed by atoms with van der Waals surface area (Å²) in [7, 11) is 0. The molecule has 1 rings (SSSR count). The average Bonchev–Trinajstić information content (AvgIpc) is 2.52. The zero-order chi connectivity index (χ0) is 16.5. The Kier molecular flexibility index (Phi) is 7.41. The van der Waals surface area contributed by atoms with Crippen molar-refractivity contribution in [2.75, 3.05) is 18.6 Å². The van der Waals surface area contributed by atoms with Gasteiger partial charge >= 0.3 is 5.97 Å². The molecule has 120 valence electrons. The number of amides is 2. The molecule has 4 N–H and O–H groups in total. The van der Waals surface area contributed by atoms with Crippen LogP contribution in [-0.4, -0.2) is 52.7 Å². The molecule has 8 heteroatoms. The molecular formula is C14H18N2O5S. The molecule has 7 nitrogen and oxygen atoms in total. The first kappa shape index (κ1) is 18.0. The molecule has 1 aromatic rings. The average molecular weight is 326 g/mol. The van der Waals surface area contributed by atoms with Gasteiger partial charge < -0.3 is 20.8 Å². The number of thioether (sulfide) groups is 1. The molecule has 0 aromatic heterocycles. The van der Waals surface area contributed by atoms with Gasteiger partial charge in [0, 0.05) is 5.75 Å². The number of aliphatic hydroxyl groups is 1. The third-order valence-electron chi connectivity index (χ3n) is 2.79. The third kappa shape index (κ3) is 5.38. The molecular weight excluding hydrogens is 308 g/mol. The minimum atomic E-state index is -1.15. The van der Waals surface area contributed by atoms with E-state index in [1.54, 1.807) is 36.6 Å². The third-order valence-corrected chi connectivity index (χ3v) is 3.46. The number of carboxylic acids is 1. The van der Waals surface area contributed by atoms with E-state index in [2.05, 4.69) is 10.6 Å². The minimum Gasteiger partial charge on any atom is -0.480 e. The molecule has 0 aliphatic rings. The standard InChI is InChI=1S/C14H18N2O5S/c1-22-8-10(14(20)21)15-13(19)12(16-11(18)7-17)9-5-3-2-4-6-9/h2-6,10,12,17H,7-8H2,1H3,(H,15,19)(H,16,18)(H,20,21). The number of hydrogen-bond acceptors (Lipinski definition) is 5. The van der Waals surface area contributed by atoms with Crippen molar-refractivity contribution in [3.8, 4) is 0 Å². The van der Waals surface area contributed by atoms with Gasteiger partial charge in [0.05, 0.1) is 0 Å². The van der Waals surface area contributed by atoms with Gasteiger partial charge in [0.1, 0.15) is 18.7 Å². The summed E-state index contributed by atoms with van der Waals surface area (Å²) in [6.07, 6.45) is 1.73. The maximum absolute atomic E-state index is 12.3. The molecule has 22 heavy (non-hydrogen) atoms. The lowest BCUT2D eigenvalue weighted by molar-refractivity contribution is -0.141. The number of carboxylic acid groups (broad SMARTS) is 1. The summed E-state index contributed by atoms with van der Waals surface area (Å²) in [4.78, 5) is 34.8. The summed E-state index contributed by atoms with van der Waals surface area (Å²) in [5.74, 6) is -2.31. The molecule has 0 saturated heterocycles. The van der Waals surface area contributed by atoms with Crippen LogP contribution in [0.5, 0.6) is 0 Å². The predicted molar refractivity (Wildman–Crippen MR) is 82.4 cm³/mol. The molecule has 0 spiro atoms. The minimum absolute atomic E-state index is 0.205. The Labute approximate surface area is 132 Å². The summed E-state index contributed by atoms with van der Waals surface area (Å²) >= 11 is 1.28. The SMILES string of the molecule is CSCC(NC(=O)C(NC(=O)CO)c1ccccc1)C(=O)O. The van der Waals surface area contributed by atoms with Crippen LogP contribution in [0.3, 0.4) is 0 Å². The zero-order valence-corrected chi connectivity index (χ0v) is 12.8. The number of carbonyl (C=O) groups is 3. The van der Waals surface area contributed by atoms with Gasteiger partial charge in [0.25, 0.3) is 0 Å². The molecule has 0 aliphatic heterocycles. The van der Waals surface area contributed by atoms with Gasteiger partial charge in [-0.25, -0.2) is 4.79 Å². The van der Waals surface area contributed by atoms with Gasteiger partial charge in [0.2, 0.25) is 11.8 Å². The van der Waals surface area contributed by atoms with E-state index in [0.717, 1.165) is 0 Å². The summed E-state index contributed by atoms with van der Waals surface area (Å²) in [6, 6.07) is 6.27. The van der Waals surface area contributed by atoms with Gasteiger partial charge in [0.15, 0.2) is 0 Å². The van der Waals surface area contributed by atoms with Crippen LogP contribution in [0.4, 0.5) is 0 Å². The van der Waals surface area contributed by atoms with Crippen LogP contribution in [0.25, 0.3) is 0 Å². The molecule has 0 heterocycles. The Hall–Kier alpha value is -2.06. The van der Waals surface area contributed by atoms with E-state index >= 15 is 0 Å². The van der Waals surface area contributed by atoms with E-state index in [9.17, 15) is 14.4 Å². The van der Waals surface area contributed by atoms with Crippen molar-refractivity contribution in [2.24, 2.45) is 0 Å². The first-order valence-electron chi connectivity index (χ1n) is 6.46. The summed E-state index contributed by atoms with van der Waals surface area (Å²) in [5, 5.41) is 22.7. The van der Waals surface area contributed by atoms with E-state index in [-0.39, 0.29) is 5.75 Å². The second-order valence-electron chi connectivity index (χ2n) is 4.42. The number of nitrogens with one attached hydrogen (secondary N) is 2. The highest BCUT2D eigenvalue weighted by Crippen LogP contribution is 2.13. The van der Waals surface area contributed by atoms with E-state index in [1.807, 2.05) is 0 Å². The van der Waals surface area contributed by atoms with Gasteiger partial charge in [-0.15, -0.1) is 0 Å². The predicted octanol–water partition coefficient (Wildman–Crippen LogP) is -0.231. The van der Waals surface area contributed by atoms with Crippen molar-refractivity contribution in [2.45, 2.75) is 12.1 Å². The van der Waals surface area contributed by atoms with Crippen molar-refractivity contribution in [3.63, 3.8) is 0 Å². The molecule has 0 radical (unpaired) electrons. The monoisotopic (exact) mass is 326 g/mol. The Morgan fingerprint density at radius 3 is 2.32 bits per heavy atom. The smallest absolute Gasteiger partial charge is 0.327 e. The molecule has 1 aromatic carbocycles. The van der Waals surface area contributed by atoms with Gasteiger partial charge in [-0.3, -0.25) is 9.59 Å². The van der Waals surface area contributed by atoms with E-state index in [0.29, 0.717) is 5.56 Å². The first-order chi connectivity index (χ1) is 10.5. The van der Waals surface area contributed by atoms with Crippen LogP contribution >= 0.6 is 11.8 Å². The maximum atomic E-state index is 12.3. The van der Waals surface area contributed by atoms with Crippen LogP contribution in [-0.2, 0) is 14.4 Å². The first-order valence-corrected chi connectivity index (χ1v) is 7.86. The summed E-state index contributed by atoms with van der Waals surface area (Å²) < 4.78 is 0. The fraction of sp³-hybridized carbons (Fsp3) is 0.357. The largest absolute Gasteiger partial charge is 0.480 e. The van der Waals surface area contributed by atoms with Crippen LogP contribution in [0.1, 0.15) is 11.6 Å². The number of hydrogen-bond donors (Lipinski definition) is 4. The van der Waals surface area contributed by atoms with Crippen molar-refractivity contribution < 1.29 is 24.6 Å². The van der Waals surface area contributed by atoms with Crippen molar-refractivity contribution in [3.05, 3.63) is 35.9 Å². The highest BCUT2D eigenvalue weighted by Gasteiger charge is 2.27. The molecule has 0 saturated carbocycles. The highest BCUT2D eigenvalue weighted by atomic mass is 32.2. The normalized spacial score (nSPS) is 13.0. The Morgan fingerprint density at radius 2 is 1.82 bits per heavy atom. The zero-order valence-electron chi connectivity index (χ0n) is 12.0. The van der Waals surface area contributed by atoms with E-state index < -0.39 is 36.5 Å². The van der Waals surface area contributed by atoms with Crippen LogP contribution in [0.2, 0.25) is 0 Å². The molecule has 0 fully saturated rings. The summed E-state index contributed by atoms with van der Waals surface area (Å²) in [5.41, 5.74) is 0.495. The highest BCUT2D eigenvalue weighted by molar-refractivity contribution is 7.98. The number of aliphatic hydroxyl groups excluding tert-OH is 1. The Balaban J connectivity index is 2.92. The second-order valence-corrected chi connectivity index (χ2v) is 5.33. The fourth-order valence-corrected chi connectivity index (χ4v) is 2.31. The topological polar surface area (TPSA) is 116 Å². The number of aliphatic carboxylic acids is 1. The van der Waals surface area contributed by atoms with Gasteiger partial charge in [-0.05, 0) is 11.8 Å². The van der Waals surface area contributed by atoms with Crippen molar-refractivity contribution >= 4 is 29.5 Å². The van der Waals surface area contributed by atoms with Crippen LogP contribution < -0.4 is 10.6 Å². The van der Waals surface area contributed by atoms with E-state index in [4.69, 9.17) is 10.2 Å². The number of carbonyl (C=O) groups excluding carboxylic acids is 2.